The third-order valence-electron chi connectivity index (χ3n) is 1.55. The largest absolute Gasteiger partial charge is 0.520 e. The molecule has 0 aliphatic heterocycles. The van der Waals surface area contributed by atoms with Gasteiger partial charge in [0.1, 0.15) is 0 Å². The van der Waals surface area contributed by atoms with Gasteiger partial charge in [-0.05, 0) is 39.9 Å². The first-order chi connectivity index (χ1) is 5.90. The van der Waals surface area contributed by atoms with Crippen LogP contribution in [0.3, 0.4) is 0 Å². The first kappa shape index (κ1) is 12.6. The Kier molecular flexibility index (Phi) is 5.14. The van der Waals surface area contributed by atoms with Crippen LogP contribution in [0.15, 0.2) is 11.5 Å². The molecular formula is C10H22O2Si. The van der Waals surface area contributed by atoms with Crippen molar-refractivity contribution in [2.45, 2.75) is 46.8 Å². The zero-order valence-electron chi connectivity index (χ0n) is 9.73. The molecule has 0 rings (SSSR count). The first-order valence-corrected chi connectivity index (χ1v) is 8.33. The van der Waals surface area contributed by atoms with Crippen molar-refractivity contribution >= 4 is 8.32 Å². The van der Waals surface area contributed by atoms with Crippen molar-refractivity contribution in [3.63, 3.8) is 0 Å². The second kappa shape index (κ2) is 5.32. The van der Waals surface area contributed by atoms with Crippen LogP contribution in [0.5, 0.6) is 0 Å². The molecule has 3 heteroatoms. The number of rotatable bonds is 5. The van der Waals surface area contributed by atoms with Crippen LogP contribution in [0.2, 0.25) is 19.6 Å². The molecule has 0 N–H and O–H groups in total. The van der Waals surface area contributed by atoms with Gasteiger partial charge in [-0.1, -0.05) is 6.92 Å². The normalized spacial score (nSPS) is 13.7. The molecule has 0 bridgehead atoms. The van der Waals surface area contributed by atoms with E-state index in [4.69, 9.17) is 9.16 Å². The third kappa shape index (κ3) is 5.74. The SMILES string of the molecule is CCO/C(O[Si](C)(C)C)=C(\C)CC. The summed E-state index contributed by atoms with van der Waals surface area (Å²) in [6.07, 6.45) is 0.986. The van der Waals surface area contributed by atoms with E-state index in [-0.39, 0.29) is 0 Å². The molecule has 0 saturated carbocycles. The maximum atomic E-state index is 5.83. The van der Waals surface area contributed by atoms with Gasteiger partial charge in [-0.25, -0.2) is 0 Å². The highest BCUT2D eigenvalue weighted by molar-refractivity contribution is 6.70. The Morgan fingerprint density at radius 1 is 1.15 bits per heavy atom. The third-order valence-corrected chi connectivity index (χ3v) is 2.35. The van der Waals surface area contributed by atoms with Crippen molar-refractivity contribution in [1.82, 2.24) is 0 Å². The van der Waals surface area contributed by atoms with Crippen LogP contribution in [0.1, 0.15) is 27.2 Å². The number of allylic oxidation sites excluding steroid dienone is 1. The van der Waals surface area contributed by atoms with Crippen LogP contribution in [0, 0.1) is 0 Å². The van der Waals surface area contributed by atoms with E-state index >= 15 is 0 Å². The van der Waals surface area contributed by atoms with Gasteiger partial charge in [-0.15, -0.1) is 0 Å². The van der Waals surface area contributed by atoms with Gasteiger partial charge in [-0.3, -0.25) is 0 Å². The van der Waals surface area contributed by atoms with E-state index in [2.05, 4.69) is 33.5 Å². The first-order valence-electron chi connectivity index (χ1n) is 4.92. The predicted molar refractivity (Wildman–Crippen MR) is 59.0 cm³/mol. The summed E-state index contributed by atoms with van der Waals surface area (Å²) in [5.41, 5.74) is 1.20. The Balaban J connectivity index is 4.44. The minimum atomic E-state index is -1.52. The zero-order valence-corrected chi connectivity index (χ0v) is 10.7. The fourth-order valence-corrected chi connectivity index (χ4v) is 1.58. The fraction of sp³-hybridized carbons (Fsp3) is 0.800. The van der Waals surface area contributed by atoms with E-state index < -0.39 is 8.32 Å². The highest BCUT2D eigenvalue weighted by atomic mass is 28.4. The molecule has 0 aliphatic carbocycles. The summed E-state index contributed by atoms with van der Waals surface area (Å²) in [5.74, 6) is 0.754. The van der Waals surface area contributed by atoms with E-state index in [0.29, 0.717) is 6.61 Å². The van der Waals surface area contributed by atoms with Crippen molar-refractivity contribution in [2.24, 2.45) is 0 Å². The average Bonchev–Trinajstić information content (AvgIpc) is 2.00. The van der Waals surface area contributed by atoms with Gasteiger partial charge in [0.05, 0.1) is 6.61 Å². The monoisotopic (exact) mass is 202 g/mol. The van der Waals surface area contributed by atoms with Crippen LogP contribution in [-0.2, 0) is 9.16 Å². The van der Waals surface area contributed by atoms with E-state index in [1.807, 2.05) is 6.92 Å². The van der Waals surface area contributed by atoms with Crippen molar-refractivity contribution in [3.05, 3.63) is 11.5 Å². The molecular weight excluding hydrogens is 180 g/mol. The van der Waals surface area contributed by atoms with Crippen LogP contribution in [0.25, 0.3) is 0 Å². The Morgan fingerprint density at radius 2 is 1.69 bits per heavy atom. The van der Waals surface area contributed by atoms with Gasteiger partial charge in [0.25, 0.3) is 5.95 Å². The molecule has 78 valence electrons. The maximum Gasteiger partial charge on any atom is 0.264 e. The number of hydrogen-bond donors (Lipinski definition) is 0. The molecule has 0 aromatic rings. The predicted octanol–water partition coefficient (Wildman–Crippen LogP) is 3.52. The van der Waals surface area contributed by atoms with Gasteiger partial charge in [-0.2, -0.15) is 0 Å². The second-order valence-electron chi connectivity index (χ2n) is 4.07. The Morgan fingerprint density at radius 3 is 2.00 bits per heavy atom. The second-order valence-corrected chi connectivity index (χ2v) is 8.50. The lowest BCUT2D eigenvalue weighted by atomic mass is 10.2. The lowest BCUT2D eigenvalue weighted by Gasteiger charge is -2.22. The average molecular weight is 202 g/mol. The summed E-state index contributed by atoms with van der Waals surface area (Å²) < 4.78 is 11.3. The summed E-state index contributed by atoms with van der Waals surface area (Å²) in [6.45, 7) is 13.3. The number of ether oxygens (including phenoxy) is 1. The smallest absolute Gasteiger partial charge is 0.264 e. The van der Waals surface area contributed by atoms with Gasteiger partial charge in [0.15, 0.2) is 0 Å². The van der Waals surface area contributed by atoms with Crippen LogP contribution in [-0.4, -0.2) is 14.9 Å². The summed E-state index contributed by atoms with van der Waals surface area (Å²) >= 11 is 0. The Bertz CT molecular complexity index is 180. The van der Waals surface area contributed by atoms with Crippen molar-refractivity contribution in [2.75, 3.05) is 6.61 Å². The molecule has 13 heavy (non-hydrogen) atoms. The van der Waals surface area contributed by atoms with Crippen molar-refractivity contribution < 1.29 is 9.16 Å². The quantitative estimate of drug-likeness (QED) is 0.501. The standard InChI is InChI=1S/C10H22O2Si/c1-7-9(3)10(11-8-2)12-13(4,5)6/h7-8H2,1-6H3/b10-9-. The molecule has 0 aliphatic rings. The van der Waals surface area contributed by atoms with E-state index in [1.165, 1.54) is 5.57 Å². The summed E-state index contributed by atoms with van der Waals surface area (Å²) in [7, 11) is -1.52. The van der Waals surface area contributed by atoms with Gasteiger partial charge < -0.3 is 9.16 Å². The summed E-state index contributed by atoms with van der Waals surface area (Å²) in [5, 5.41) is 0. The molecule has 0 fully saturated rings. The van der Waals surface area contributed by atoms with Gasteiger partial charge in [0, 0.05) is 5.57 Å². The molecule has 2 nitrogen and oxygen atoms in total. The lowest BCUT2D eigenvalue weighted by Crippen LogP contribution is -2.26. The highest BCUT2D eigenvalue weighted by Gasteiger charge is 2.19. The topological polar surface area (TPSA) is 18.5 Å². The molecule has 0 aromatic carbocycles. The molecule has 0 unspecified atom stereocenters. The van der Waals surface area contributed by atoms with Crippen LogP contribution >= 0.6 is 0 Å². The summed E-state index contributed by atoms with van der Waals surface area (Å²) in [6, 6.07) is 0. The zero-order chi connectivity index (χ0) is 10.5. The summed E-state index contributed by atoms with van der Waals surface area (Å²) in [4.78, 5) is 0. The molecule has 0 aromatic heterocycles. The van der Waals surface area contributed by atoms with Crippen LogP contribution < -0.4 is 0 Å². The van der Waals surface area contributed by atoms with Gasteiger partial charge in [0.2, 0.25) is 8.32 Å². The van der Waals surface area contributed by atoms with E-state index in [0.717, 1.165) is 12.4 Å². The Hall–Kier alpha value is -0.443. The highest BCUT2D eigenvalue weighted by Crippen LogP contribution is 2.17. The van der Waals surface area contributed by atoms with Crippen LogP contribution in [0.4, 0.5) is 0 Å². The van der Waals surface area contributed by atoms with Crippen molar-refractivity contribution in [3.8, 4) is 0 Å². The molecule has 0 atom stereocenters. The molecule has 0 radical (unpaired) electrons. The van der Waals surface area contributed by atoms with E-state index in [1.54, 1.807) is 0 Å². The maximum absolute atomic E-state index is 5.83. The molecule has 0 amide bonds. The van der Waals surface area contributed by atoms with Gasteiger partial charge >= 0.3 is 0 Å². The van der Waals surface area contributed by atoms with Crippen molar-refractivity contribution in [1.29, 1.82) is 0 Å². The molecule has 0 heterocycles. The number of hydrogen-bond acceptors (Lipinski definition) is 2. The minimum Gasteiger partial charge on any atom is -0.520 e. The van der Waals surface area contributed by atoms with E-state index in [9.17, 15) is 0 Å². The molecule has 0 spiro atoms. The Labute approximate surface area is 83.1 Å². The lowest BCUT2D eigenvalue weighted by molar-refractivity contribution is 0.107. The molecule has 0 saturated heterocycles. The minimum absolute atomic E-state index is 0.678. The fourth-order valence-electron chi connectivity index (χ4n) is 0.793.